The van der Waals surface area contributed by atoms with Crippen LogP contribution in [0.25, 0.3) is 11.3 Å². The molecule has 3 rings (SSSR count). The maximum absolute atomic E-state index is 11.9. The van der Waals surface area contributed by atoms with E-state index in [0.717, 1.165) is 0 Å². The maximum Gasteiger partial charge on any atom is 0.437 e. The summed E-state index contributed by atoms with van der Waals surface area (Å²) in [6.07, 6.45) is 0.395. The van der Waals surface area contributed by atoms with E-state index in [0.29, 0.717) is 32.6 Å². The summed E-state index contributed by atoms with van der Waals surface area (Å²) < 4.78 is 5.20. The topological polar surface area (TPSA) is 76.7 Å². The van der Waals surface area contributed by atoms with E-state index < -0.39 is 6.09 Å². The quantitative estimate of drug-likeness (QED) is 0.263. The number of nitrogens with zero attached hydrogens (tertiary/aromatic N) is 2. The molecule has 0 saturated heterocycles. The van der Waals surface area contributed by atoms with Crippen molar-refractivity contribution in [2.75, 3.05) is 5.32 Å². The minimum atomic E-state index is -0.877. The van der Waals surface area contributed by atoms with Gasteiger partial charge in [0.15, 0.2) is 0 Å². The van der Waals surface area contributed by atoms with Crippen molar-refractivity contribution in [3.8, 4) is 11.3 Å². The number of hydrogen-bond acceptors (Lipinski definition) is 5. The number of carbonyl (C=O) groups is 1. The third kappa shape index (κ3) is 4.42. The van der Waals surface area contributed by atoms with Gasteiger partial charge in [0.25, 0.3) is 0 Å². The van der Waals surface area contributed by atoms with Crippen molar-refractivity contribution in [2.24, 2.45) is 5.16 Å². The Kier molecular flexibility index (Phi) is 6.46. The molecule has 1 N–H and O–H groups in total. The van der Waals surface area contributed by atoms with Gasteiger partial charge in [-0.25, -0.2) is 4.79 Å². The van der Waals surface area contributed by atoms with Crippen LogP contribution >= 0.6 is 46.4 Å². The number of hydrogen-bond donors (Lipinski definition) is 1. The molecular weight excluding hydrogens is 448 g/mol. The molecule has 0 saturated carbocycles. The Morgan fingerprint density at radius 3 is 2.25 bits per heavy atom. The summed E-state index contributed by atoms with van der Waals surface area (Å²) in [7, 11) is 0. The number of aryl methyl sites for hydroxylation is 1. The molecule has 0 spiro atoms. The van der Waals surface area contributed by atoms with Gasteiger partial charge in [-0.05, 0) is 31.2 Å². The van der Waals surface area contributed by atoms with Gasteiger partial charge < -0.3 is 4.52 Å². The summed E-state index contributed by atoms with van der Waals surface area (Å²) in [5.41, 5.74) is 1.53. The smallest absolute Gasteiger partial charge is 0.360 e. The van der Waals surface area contributed by atoms with Crippen LogP contribution in [0, 0.1) is 6.92 Å². The van der Waals surface area contributed by atoms with Gasteiger partial charge in [-0.15, -0.1) is 0 Å². The van der Waals surface area contributed by atoms with Crippen LogP contribution in [0.3, 0.4) is 0 Å². The van der Waals surface area contributed by atoms with Gasteiger partial charge in [-0.3, -0.25) is 10.2 Å². The number of benzene rings is 2. The SMILES string of the molecule is Cc1onc(-c2c(Cl)cccc2Cl)c1/C=N/OC(=O)Nc1c(Cl)cccc1Cl. The van der Waals surface area contributed by atoms with Crippen molar-refractivity contribution < 1.29 is 14.2 Å². The first-order valence-corrected chi connectivity index (χ1v) is 9.25. The molecule has 3 aromatic rings. The standard InChI is InChI=1S/C18H11Cl4N3O3/c1-9-10(16(25-27-9)15-11(19)4-2-5-12(15)20)8-23-28-18(26)24-17-13(21)6-3-7-14(17)22/h2-8H,1H3,(H,24,26)/b23-8+. The summed E-state index contributed by atoms with van der Waals surface area (Å²) in [4.78, 5) is 16.8. The number of rotatable bonds is 4. The van der Waals surface area contributed by atoms with E-state index in [4.69, 9.17) is 55.8 Å². The number of para-hydroxylation sites is 1. The van der Waals surface area contributed by atoms with Gasteiger partial charge in [0.1, 0.15) is 11.5 Å². The van der Waals surface area contributed by atoms with Crippen LogP contribution in [0.2, 0.25) is 20.1 Å². The molecule has 0 bridgehead atoms. The van der Waals surface area contributed by atoms with Crippen LogP contribution in [-0.2, 0) is 4.84 Å². The monoisotopic (exact) mass is 457 g/mol. The predicted molar refractivity (Wildman–Crippen MR) is 111 cm³/mol. The number of nitrogens with one attached hydrogen (secondary N) is 1. The maximum atomic E-state index is 11.9. The largest absolute Gasteiger partial charge is 0.437 e. The van der Waals surface area contributed by atoms with E-state index in [1.807, 2.05) is 0 Å². The van der Waals surface area contributed by atoms with Crippen LogP contribution in [0.4, 0.5) is 10.5 Å². The Morgan fingerprint density at radius 1 is 1.07 bits per heavy atom. The molecular formula is C18H11Cl4N3O3. The number of amides is 1. The Balaban J connectivity index is 1.79. The van der Waals surface area contributed by atoms with Gasteiger partial charge >= 0.3 is 6.09 Å². The van der Waals surface area contributed by atoms with Crippen molar-refractivity contribution in [3.63, 3.8) is 0 Å². The molecule has 0 aliphatic heterocycles. The summed E-state index contributed by atoms with van der Waals surface area (Å²) >= 11 is 24.4. The summed E-state index contributed by atoms with van der Waals surface area (Å²) in [6.45, 7) is 1.67. The zero-order chi connectivity index (χ0) is 20.3. The van der Waals surface area contributed by atoms with Crippen molar-refractivity contribution >= 4 is 64.4 Å². The minimum Gasteiger partial charge on any atom is -0.360 e. The van der Waals surface area contributed by atoms with Crippen LogP contribution in [-0.4, -0.2) is 17.5 Å². The van der Waals surface area contributed by atoms with Crippen molar-refractivity contribution in [3.05, 3.63) is 67.8 Å². The molecule has 0 aliphatic carbocycles. The number of aromatic nitrogens is 1. The second-order valence-electron chi connectivity index (χ2n) is 5.43. The lowest BCUT2D eigenvalue weighted by molar-refractivity contribution is 0.167. The molecule has 0 radical (unpaired) electrons. The van der Waals surface area contributed by atoms with E-state index in [1.165, 1.54) is 6.21 Å². The first kappa shape index (κ1) is 20.5. The second-order valence-corrected chi connectivity index (χ2v) is 7.06. The number of anilines is 1. The third-order valence-electron chi connectivity index (χ3n) is 3.62. The molecule has 0 unspecified atom stereocenters. The van der Waals surface area contributed by atoms with Gasteiger partial charge in [0.05, 0.1) is 37.6 Å². The molecule has 0 aliphatic rings. The highest BCUT2D eigenvalue weighted by molar-refractivity contribution is 6.40. The Labute approximate surface area is 179 Å². The highest BCUT2D eigenvalue weighted by atomic mass is 35.5. The number of halogens is 4. The molecule has 144 valence electrons. The van der Waals surface area contributed by atoms with Crippen molar-refractivity contribution in [2.45, 2.75) is 6.92 Å². The second kappa shape index (κ2) is 8.84. The molecule has 6 nitrogen and oxygen atoms in total. The molecule has 1 amide bonds. The van der Waals surface area contributed by atoms with Crippen molar-refractivity contribution in [1.29, 1.82) is 0 Å². The van der Waals surface area contributed by atoms with Crippen LogP contribution in [0.1, 0.15) is 11.3 Å². The summed E-state index contributed by atoms with van der Waals surface area (Å²) in [6, 6.07) is 9.85. The van der Waals surface area contributed by atoms with Crippen LogP contribution in [0.15, 0.2) is 46.1 Å². The normalized spacial score (nSPS) is 11.0. The fraction of sp³-hybridized carbons (Fsp3) is 0.0556. The molecule has 1 heterocycles. The third-order valence-corrected chi connectivity index (χ3v) is 4.87. The average Bonchev–Trinajstić information content (AvgIpc) is 2.99. The zero-order valence-corrected chi connectivity index (χ0v) is 17.2. The van der Waals surface area contributed by atoms with E-state index >= 15 is 0 Å². The fourth-order valence-corrected chi connectivity index (χ4v) is 3.37. The average molecular weight is 459 g/mol. The van der Waals surface area contributed by atoms with Gasteiger partial charge in [-0.2, -0.15) is 0 Å². The summed E-state index contributed by atoms with van der Waals surface area (Å²) in [5.74, 6) is 0.438. The lowest BCUT2D eigenvalue weighted by atomic mass is 10.1. The Morgan fingerprint density at radius 2 is 1.64 bits per heavy atom. The van der Waals surface area contributed by atoms with Gasteiger partial charge in [0.2, 0.25) is 0 Å². The lowest BCUT2D eigenvalue weighted by Crippen LogP contribution is -2.11. The molecule has 0 atom stereocenters. The van der Waals surface area contributed by atoms with E-state index in [1.54, 1.807) is 43.3 Å². The highest BCUT2D eigenvalue weighted by Gasteiger charge is 2.19. The first-order chi connectivity index (χ1) is 13.4. The molecule has 10 heteroatoms. The zero-order valence-electron chi connectivity index (χ0n) is 14.2. The van der Waals surface area contributed by atoms with Crippen molar-refractivity contribution in [1.82, 2.24) is 5.16 Å². The Hall–Kier alpha value is -2.25. The van der Waals surface area contributed by atoms with E-state index in [-0.39, 0.29) is 15.7 Å². The molecule has 0 fully saturated rings. The number of carbonyl (C=O) groups excluding carboxylic acids is 1. The van der Waals surface area contributed by atoms with Gasteiger partial charge in [0, 0.05) is 5.56 Å². The molecule has 2 aromatic carbocycles. The molecule has 28 heavy (non-hydrogen) atoms. The van der Waals surface area contributed by atoms with Gasteiger partial charge in [-0.1, -0.05) is 68.8 Å². The molecule has 1 aromatic heterocycles. The van der Waals surface area contributed by atoms with Crippen LogP contribution < -0.4 is 5.32 Å². The fourth-order valence-electron chi connectivity index (χ4n) is 2.30. The lowest BCUT2D eigenvalue weighted by Gasteiger charge is -2.07. The number of oxime groups is 1. The minimum absolute atomic E-state index is 0.218. The predicted octanol–water partition coefficient (Wildman–Crippen LogP) is 6.85. The first-order valence-electron chi connectivity index (χ1n) is 7.74. The summed E-state index contributed by atoms with van der Waals surface area (Å²) in [5, 5.41) is 11.4. The van der Waals surface area contributed by atoms with E-state index in [9.17, 15) is 4.79 Å². The highest BCUT2D eigenvalue weighted by Crippen LogP contribution is 2.36. The van der Waals surface area contributed by atoms with E-state index in [2.05, 4.69) is 15.6 Å². The Bertz CT molecular complexity index is 1030. The van der Waals surface area contributed by atoms with Crippen LogP contribution in [0.5, 0.6) is 0 Å².